The maximum absolute atomic E-state index is 6.07. The van der Waals surface area contributed by atoms with Crippen molar-refractivity contribution >= 4 is 0 Å². The van der Waals surface area contributed by atoms with Crippen LogP contribution in [0.15, 0.2) is 0 Å². The van der Waals surface area contributed by atoms with Gasteiger partial charge in [0.05, 0.1) is 11.6 Å². The van der Waals surface area contributed by atoms with E-state index in [1.807, 2.05) is 0 Å². The van der Waals surface area contributed by atoms with E-state index in [-0.39, 0.29) is 11.6 Å². The fraction of sp³-hybridized carbons (Fsp3) is 1.00. The first-order valence-corrected chi connectivity index (χ1v) is 7.15. The largest absolute Gasteiger partial charge is 0.376 e. The number of rotatable bonds is 3. The van der Waals surface area contributed by atoms with E-state index in [1.165, 1.54) is 25.7 Å². The molecule has 0 spiro atoms. The van der Waals surface area contributed by atoms with Crippen LogP contribution in [0, 0.1) is 5.92 Å². The highest BCUT2D eigenvalue weighted by Gasteiger charge is 2.46. The van der Waals surface area contributed by atoms with Gasteiger partial charge in [-0.05, 0) is 52.0 Å². The standard InChI is InChI=1S/C14H28N2O/c1-11-4-6-13(7-5-11)16(3)14(10-15)8-9-17-12(14)2/h11-13H,4-10,15H2,1-3H3. The van der Waals surface area contributed by atoms with E-state index < -0.39 is 0 Å². The van der Waals surface area contributed by atoms with E-state index in [2.05, 4.69) is 25.8 Å². The van der Waals surface area contributed by atoms with E-state index in [0.29, 0.717) is 6.04 Å². The van der Waals surface area contributed by atoms with Gasteiger partial charge in [0.1, 0.15) is 0 Å². The van der Waals surface area contributed by atoms with Gasteiger partial charge in [0.15, 0.2) is 0 Å². The third-order valence-corrected chi connectivity index (χ3v) is 5.25. The molecule has 3 heteroatoms. The highest BCUT2D eigenvalue weighted by molar-refractivity contribution is 5.01. The summed E-state index contributed by atoms with van der Waals surface area (Å²) in [6, 6.07) is 0.707. The molecule has 1 heterocycles. The van der Waals surface area contributed by atoms with Gasteiger partial charge >= 0.3 is 0 Å². The highest BCUT2D eigenvalue weighted by Crippen LogP contribution is 2.36. The SMILES string of the molecule is CC1CCC(N(C)C2(CN)CCOC2C)CC1. The van der Waals surface area contributed by atoms with Gasteiger partial charge in [0, 0.05) is 19.2 Å². The zero-order chi connectivity index (χ0) is 12.5. The fourth-order valence-corrected chi connectivity index (χ4v) is 3.64. The number of likely N-dealkylation sites (N-methyl/N-ethyl adjacent to an activating group) is 1. The third-order valence-electron chi connectivity index (χ3n) is 5.25. The molecule has 0 aromatic carbocycles. The lowest BCUT2D eigenvalue weighted by atomic mass is 9.82. The van der Waals surface area contributed by atoms with Gasteiger partial charge in [-0.15, -0.1) is 0 Å². The van der Waals surface area contributed by atoms with Crippen LogP contribution in [0.3, 0.4) is 0 Å². The first-order valence-electron chi connectivity index (χ1n) is 7.15. The molecule has 0 aromatic heterocycles. The van der Waals surface area contributed by atoms with Crippen molar-refractivity contribution in [1.29, 1.82) is 0 Å². The molecule has 0 amide bonds. The molecule has 17 heavy (non-hydrogen) atoms. The van der Waals surface area contributed by atoms with Crippen molar-refractivity contribution in [2.45, 2.75) is 63.6 Å². The van der Waals surface area contributed by atoms with Crippen molar-refractivity contribution in [2.75, 3.05) is 20.2 Å². The molecule has 2 unspecified atom stereocenters. The van der Waals surface area contributed by atoms with Crippen LogP contribution < -0.4 is 5.73 Å². The lowest BCUT2D eigenvalue weighted by Crippen LogP contribution is -2.60. The van der Waals surface area contributed by atoms with Crippen molar-refractivity contribution in [2.24, 2.45) is 11.7 Å². The molecule has 0 aromatic rings. The van der Waals surface area contributed by atoms with Crippen LogP contribution in [-0.4, -0.2) is 42.8 Å². The van der Waals surface area contributed by atoms with Gasteiger partial charge in [-0.3, -0.25) is 4.90 Å². The van der Waals surface area contributed by atoms with E-state index in [0.717, 1.165) is 25.5 Å². The summed E-state index contributed by atoms with van der Waals surface area (Å²) >= 11 is 0. The molecule has 100 valence electrons. The highest BCUT2D eigenvalue weighted by atomic mass is 16.5. The predicted octanol–water partition coefficient (Wildman–Crippen LogP) is 2.00. The molecule has 2 fully saturated rings. The fourth-order valence-electron chi connectivity index (χ4n) is 3.64. The Morgan fingerprint density at radius 3 is 2.35 bits per heavy atom. The van der Waals surface area contributed by atoms with Crippen molar-refractivity contribution in [1.82, 2.24) is 4.90 Å². The zero-order valence-electron chi connectivity index (χ0n) is 11.6. The van der Waals surface area contributed by atoms with Crippen LogP contribution >= 0.6 is 0 Å². The van der Waals surface area contributed by atoms with E-state index >= 15 is 0 Å². The molecule has 2 atom stereocenters. The Morgan fingerprint density at radius 2 is 1.88 bits per heavy atom. The Labute approximate surface area is 106 Å². The average molecular weight is 240 g/mol. The van der Waals surface area contributed by atoms with Crippen LogP contribution in [0.2, 0.25) is 0 Å². The quantitative estimate of drug-likeness (QED) is 0.820. The van der Waals surface area contributed by atoms with Gasteiger partial charge in [-0.1, -0.05) is 6.92 Å². The molecular formula is C14H28N2O. The average Bonchev–Trinajstić information content (AvgIpc) is 2.71. The second-order valence-electron chi connectivity index (χ2n) is 6.10. The number of ether oxygens (including phenoxy) is 1. The van der Waals surface area contributed by atoms with Gasteiger partial charge in [-0.2, -0.15) is 0 Å². The van der Waals surface area contributed by atoms with Crippen LogP contribution in [0.1, 0.15) is 46.0 Å². The molecule has 1 aliphatic carbocycles. The van der Waals surface area contributed by atoms with Crippen LogP contribution in [0.5, 0.6) is 0 Å². The van der Waals surface area contributed by atoms with Crippen LogP contribution in [-0.2, 0) is 4.74 Å². The minimum Gasteiger partial charge on any atom is -0.376 e. The zero-order valence-corrected chi connectivity index (χ0v) is 11.6. The summed E-state index contributed by atoms with van der Waals surface area (Å²) in [5, 5.41) is 0. The Balaban J connectivity index is 2.04. The first kappa shape index (κ1) is 13.3. The van der Waals surface area contributed by atoms with Crippen molar-refractivity contribution in [3.05, 3.63) is 0 Å². The van der Waals surface area contributed by atoms with Crippen molar-refractivity contribution in [3.63, 3.8) is 0 Å². The van der Waals surface area contributed by atoms with Gasteiger partial charge in [0.25, 0.3) is 0 Å². The lowest BCUT2D eigenvalue weighted by Gasteiger charge is -2.46. The van der Waals surface area contributed by atoms with E-state index in [9.17, 15) is 0 Å². The minimum atomic E-state index is 0.0885. The predicted molar refractivity (Wildman–Crippen MR) is 71.0 cm³/mol. The number of nitrogens with zero attached hydrogens (tertiary/aromatic N) is 1. The van der Waals surface area contributed by atoms with E-state index in [4.69, 9.17) is 10.5 Å². The maximum Gasteiger partial charge on any atom is 0.0743 e. The topological polar surface area (TPSA) is 38.5 Å². The summed E-state index contributed by atoms with van der Waals surface area (Å²) < 4.78 is 5.77. The molecule has 2 N–H and O–H groups in total. The molecule has 1 aliphatic heterocycles. The summed E-state index contributed by atoms with van der Waals surface area (Å²) in [6.07, 6.45) is 6.75. The van der Waals surface area contributed by atoms with Crippen LogP contribution in [0.4, 0.5) is 0 Å². The molecular weight excluding hydrogens is 212 g/mol. The number of hydrogen-bond donors (Lipinski definition) is 1. The Morgan fingerprint density at radius 1 is 1.24 bits per heavy atom. The van der Waals surface area contributed by atoms with E-state index in [1.54, 1.807) is 0 Å². The second-order valence-corrected chi connectivity index (χ2v) is 6.10. The Hall–Kier alpha value is -0.120. The maximum atomic E-state index is 6.07. The van der Waals surface area contributed by atoms with Gasteiger partial charge in [0.2, 0.25) is 0 Å². The lowest BCUT2D eigenvalue weighted by molar-refractivity contribution is -0.00549. The number of hydrogen-bond acceptors (Lipinski definition) is 3. The molecule has 2 rings (SSSR count). The summed E-state index contributed by atoms with van der Waals surface area (Å²) in [5.41, 5.74) is 6.16. The molecule has 1 saturated heterocycles. The monoisotopic (exact) mass is 240 g/mol. The summed E-state index contributed by atoms with van der Waals surface area (Å²) in [6.45, 7) is 6.14. The van der Waals surface area contributed by atoms with Crippen LogP contribution in [0.25, 0.3) is 0 Å². The summed E-state index contributed by atoms with van der Waals surface area (Å²) in [5.74, 6) is 0.908. The molecule has 1 saturated carbocycles. The van der Waals surface area contributed by atoms with Gasteiger partial charge < -0.3 is 10.5 Å². The Bertz CT molecular complexity index is 251. The molecule has 3 nitrogen and oxygen atoms in total. The normalized spacial score (nSPS) is 43.2. The first-order chi connectivity index (χ1) is 8.10. The summed E-state index contributed by atoms with van der Waals surface area (Å²) in [7, 11) is 2.26. The second kappa shape index (κ2) is 5.25. The minimum absolute atomic E-state index is 0.0885. The third kappa shape index (κ3) is 2.38. The van der Waals surface area contributed by atoms with Crippen molar-refractivity contribution < 1.29 is 4.74 Å². The Kier molecular flexibility index (Phi) is 4.11. The molecule has 0 bridgehead atoms. The number of nitrogens with two attached hydrogens (primary N) is 1. The summed E-state index contributed by atoms with van der Waals surface area (Å²) in [4.78, 5) is 2.55. The molecule has 2 aliphatic rings. The van der Waals surface area contributed by atoms with Gasteiger partial charge in [-0.25, -0.2) is 0 Å². The van der Waals surface area contributed by atoms with Crippen molar-refractivity contribution in [3.8, 4) is 0 Å². The molecule has 0 radical (unpaired) electrons. The smallest absolute Gasteiger partial charge is 0.0743 e.